The molecule has 24 heavy (non-hydrogen) atoms. The SMILES string of the molecule is COc1ccccc1CNC(=O)c1cc2ccc(F)cc2nc1Cl. The summed E-state index contributed by atoms with van der Waals surface area (Å²) in [5, 5.41) is 3.46. The van der Waals surface area contributed by atoms with Gasteiger partial charge in [0.25, 0.3) is 5.91 Å². The molecule has 0 radical (unpaired) electrons. The summed E-state index contributed by atoms with van der Waals surface area (Å²) in [5.74, 6) is -0.0694. The molecule has 0 saturated heterocycles. The molecule has 0 bridgehead atoms. The molecule has 1 heterocycles. The second kappa shape index (κ2) is 6.84. The molecule has 1 N–H and O–H groups in total. The minimum absolute atomic E-state index is 0.0330. The number of fused-ring (bicyclic) bond motifs is 1. The zero-order chi connectivity index (χ0) is 17.1. The molecule has 1 amide bonds. The smallest absolute Gasteiger partial charge is 0.254 e. The van der Waals surface area contributed by atoms with Crippen molar-refractivity contribution < 1.29 is 13.9 Å². The Labute approximate surface area is 143 Å². The Hall–Kier alpha value is -2.66. The number of ether oxygens (including phenoxy) is 1. The Morgan fingerprint density at radius 2 is 2.04 bits per heavy atom. The number of hydrogen-bond donors (Lipinski definition) is 1. The number of halogens is 2. The number of para-hydroxylation sites is 1. The Morgan fingerprint density at radius 1 is 1.25 bits per heavy atom. The quantitative estimate of drug-likeness (QED) is 0.729. The highest BCUT2D eigenvalue weighted by molar-refractivity contribution is 6.33. The molecule has 0 atom stereocenters. The van der Waals surface area contributed by atoms with Crippen LogP contribution in [-0.2, 0) is 6.54 Å². The van der Waals surface area contributed by atoms with Gasteiger partial charge in [0, 0.05) is 23.6 Å². The van der Waals surface area contributed by atoms with Crippen LogP contribution in [0.2, 0.25) is 5.15 Å². The van der Waals surface area contributed by atoms with Crippen molar-refractivity contribution in [2.75, 3.05) is 7.11 Å². The number of hydrogen-bond acceptors (Lipinski definition) is 3. The van der Waals surface area contributed by atoms with Gasteiger partial charge in [0.1, 0.15) is 16.7 Å². The van der Waals surface area contributed by atoms with Crippen LogP contribution in [-0.4, -0.2) is 18.0 Å². The van der Waals surface area contributed by atoms with Crippen molar-refractivity contribution in [2.45, 2.75) is 6.54 Å². The highest BCUT2D eigenvalue weighted by Crippen LogP contribution is 2.22. The van der Waals surface area contributed by atoms with E-state index in [0.29, 0.717) is 23.2 Å². The number of nitrogens with zero attached hydrogens (tertiary/aromatic N) is 1. The van der Waals surface area contributed by atoms with Crippen molar-refractivity contribution >= 4 is 28.4 Å². The lowest BCUT2D eigenvalue weighted by Crippen LogP contribution is -2.23. The molecular formula is C18H14ClFN2O2. The van der Waals surface area contributed by atoms with E-state index in [0.717, 1.165) is 5.56 Å². The van der Waals surface area contributed by atoms with Crippen molar-refractivity contribution in [1.82, 2.24) is 10.3 Å². The fraction of sp³-hybridized carbons (Fsp3) is 0.111. The van der Waals surface area contributed by atoms with Gasteiger partial charge in [-0.1, -0.05) is 29.8 Å². The Bertz CT molecular complexity index is 915. The third-order valence-electron chi connectivity index (χ3n) is 3.61. The fourth-order valence-corrected chi connectivity index (χ4v) is 2.63. The van der Waals surface area contributed by atoms with Crippen molar-refractivity contribution in [2.24, 2.45) is 0 Å². The molecule has 2 aromatic carbocycles. The van der Waals surface area contributed by atoms with E-state index in [9.17, 15) is 9.18 Å². The first-order valence-electron chi connectivity index (χ1n) is 7.24. The van der Waals surface area contributed by atoms with Gasteiger partial charge in [-0.3, -0.25) is 4.79 Å². The van der Waals surface area contributed by atoms with Crippen molar-refractivity contribution in [1.29, 1.82) is 0 Å². The summed E-state index contributed by atoms with van der Waals surface area (Å²) in [6.07, 6.45) is 0. The molecule has 6 heteroatoms. The first-order chi connectivity index (χ1) is 11.6. The lowest BCUT2D eigenvalue weighted by Gasteiger charge is -2.10. The van der Waals surface area contributed by atoms with E-state index in [-0.39, 0.29) is 16.6 Å². The molecule has 0 aliphatic heterocycles. The van der Waals surface area contributed by atoms with Gasteiger partial charge in [0.05, 0.1) is 18.2 Å². The van der Waals surface area contributed by atoms with E-state index in [4.69, 9.17) is 16.3 Å². The number of rotatable bonds is 4. The van der Waals surface area contributed by atoms with Crippen molar-refractivity contribution in [3.63, 3.8) is 0 Å². The Kier molecular flexibility index (Phi) is 4.62. The molecule has 0 aliphatic rings. The number of amides is 1. The third kappa shape index (κ3) is 3.31. The summed E-state index contributed by atoms with van der Waals surface area (Å²) in [6.45, 7) is 0.292. The molecular weight excluding hydrogens is 331 g/mol. The van der Waals surface area contributed by atoms with E-state index >= 15 is 0 Å². The molecule has 0 saturated carbocycles. The standard InChI is InChI=1S/C18H14ClFN2O2/c1-24-16-5-3-2-4-12(16)10-21-18(23)14-8-11-6-7-13(20)9-15(11)22-17(14)19/h2-9H,10H2,1H3,(H,21,23). The fourth-order valence-electron chi connectivity index (χ4n) is 2.40. The van der Waals surface area contributed by atoms with Gasteiger partial charge in [0.15, 0.2) is 0 Å². The highest BCUT2D eigenvalue weighted by atomic mass is 35.5. The summed E-state index contributed by atoms with van der Waals surface area (Å²) in [6, 6.07) is 13.2. The van der Waals surface area contributed by atoms with Crippen LogP contribution in [0.15, 0.2) is 48.5 Å². The minimum atomic E-state index is -0.403. The van der Waals surface area contributed by atoms with E-state index in [1.165, 1.54) is 12.1 Å². The summed E-state index contributed by atoms with van der Waals surface area (Å²) < 4.78 is 18.5. The first kappa shape index (κ1) is 16.2. The van der Waals surface area contributed by atoms with Gasteiger partial charge in [-0.15, -0.1) is 0 Å². The molecule has 0 aliphatic carbocycles. The largest absolute Gasteiger partial charge is 0.496 e. The lowest BCUT2D eigenvalue weighted by molar-refractivity contribution is 0.0950. The van der Waals surface area contributed by atoms with Crippen molar-refractivity contribution in [3.05, 3.63) is 70.6 Å². The number of methoxy groups -OCH3 is 1. The van der Waals surface area contributed by atoms with Gasteiger partial charge in [-0.05, 0) is 24.3 Å². The van der Waals surface area contributed by atoms with Gasteiger partial charge in [0.2, 0.25) is 0 Å². The maximum atomic E-state index is 13.2. The molecule has 1 aromatic heterocycles. The zero-order valence-corrected chi connectivity index (χ0v) is 13.6. The number of carbonyl (C=O) groups is 1. The molecule has 3 rings (SSSR count). The van der Waals surface area contributed by atoms with E-state index in [1.807, 2.05) is 24.3 Å². The van der Waals surface area contributed by atoms with Crippen LogP contribution in [0.4, 0.5) is 4.39 Å². The molecule has 0 unspecified atom stereocenters. The maximum Gasteiger partial charge on any atom is 0.254 e. The predicted molar refractivity (Wildman–Crippen MR) is 90.9 cm³/mol. The van der Waals surface area contributed by atoms with Crippen LogP contribution < -0.4 is 10.1 Å². The van der Waals surface area contributed by atoms with E-state index in [2.05, 4.69) is 10.3 Å². The van der Waals surface area contributed by atoms with E-state index in [1.54, 1.807) is 19.2 Å². The highest BCUT2D eigenvalue weighted by Gasteiger charge is 2.14. The zero-order valence-electron chi connectivity index (χ0n) is 12.8. The molecule has 3 aromatic rings. The molecule has 0 fully saturated rings. The predicted octanol–water partition coefficient (Wildman–Crippen LogP) is 3.97. The minimum Gasteiger partial charge on any atom is -0.496 e. The number of benzene rings is 2. The van der Waals surface area contributed by atoms with Crippen molar-refractivity contribution in [3.8, 4) is 5.75 Å². The average Bonchev–Trinajstić information content (AvgIpc) is 2.59. The van der Waals surface area contributed by atoms with Gasteiger partial charge < -0.3 is 10.1 Å². The molecule has 122 valence electrons. The van der Waals surface area contributed by atoms with Gasteiger partial charge >= 0.3 is 0 Å². The Balaban J connectivity index is 1.83. The summed E-state index contributed by atoms with van der Waals surface area (Å²) in [4.78, 5) is 16.5. The average molecular weight is 345 g/mol. The topological polar surface area (TPSA) is 51.2 Å². The molecule has 4 nitrogen and oxygen atoms in total. The van der Waals surface area contributed by atoms with Crippen LogP contribution >= 0.6 is 11.6 Å². The summed E-state index contributed by atoms with van der Waals surface area (Å²) >= 11 is 6.07. The maximum absolute atomic E-state index is 13.2. The Morgan fingerprint density at radius 3 is 2.83 bits per heavy atom. The monoisotopic (exact) mass is 344 g/mol. The number of nitrogens with one attached hydrogen (secondary N) is 1. The van der Waals surface area contributed by atoms with Gasteiger partial charge in [-0.2, -0.15) is 0 Å². The first-order valence-corrected chi connectivity index (χ1v) is 7.62. The summed E-state index contributed by atoms with van der Waals surface area (Å²) in [5.41, 5.74) is 1.49. The van der Waals surface area contributed by atoms with E-state index < -0.39 is 5.82 Å². The second-order valence-corrected chi connectivity index (χ2v) is 5.52. The van der Waals surface area contributed by atoms with Gasteiger partial charge in [-0.25, -0.2) is 9.37 Å². The number of pyridine rings is 1. The second-order valence-electron chi connectivity index (χ2n) is 5.16. The van der Waals surface area contributed by atoms with Crippen LogP contribution in [0.1, 0.15) is 15.9 Å². The molecule has 0 spiro atoms. The van der Waals surface area contributed by atoms with Crippen LogP contribution in [0.5, 0.6) is 5.75 Å². The third-order valence-corrected chi connectivity index (χ3v) is 3.90. The number of aromatic nitrogens is 1. The lowest BCUT2D eigenvalue weighted by atomic mass is 10.1. The summed E-state index contributed by atoms with van der Waals surface area (Å²) in [7, 11) is 1.57. The van der Waals surface area contributed by atoms with Crippen LogP contribution in [0.25, 0.3) is 10.9 Å². The van der Waals surface area contributed by atoms with Crippen LogP contribution in [0, 0.1) is 5.82 Å². The normalized spacial score (nSPS) is 10.6. The number of carbonyl (C=O) groups excluding carboxylic acids is 1. The van der Waals surface area contributed by atoms with Crippen LogP contribution in [0.3, 0.4) is 0 Å².